The maximum atomic E-state index is 11.5. The zero-order valence-corrected chi connectivity index (χ0v) is 9.70. The summed E-state index contributed by atoms with van der Waals surface area (Å²) in [6.07, 6.45) is 0. The van der Waals surface area contributed by atoms with Gasteiger partial charge in [-0.05, 0) is 13.0 Å². The molecular formula is C10H12ClN3O2. The number of carbonyl (C=O) groups is 1. The fourth-order valence-electron chi connectivity index (χ4n) is 1.55. The summed E-state index contributed by atoms with van der Waals surface area (Å²) in [7, 11) is 0. The zero-order chi connectivity index (χ0) is 11.5. The molecule has 1 amide bonds. The number of halogens is 1. The Balaban J connectivity index is 2.10. The van der Waals surface area contributed by atoms with Gasteiger partial charge in [-0.15, -0.1) is 0 Å². The minimum Gasteiger partial charge on any atom is -0.370 e. The molecule has 1 aliphatic rings. The summed E-state index contributed by atoms with van der Waals surface area (Å²) >= 11 is 5.82. The number of nitrogens with zero attached hydrogens (tertiary/aromatic N) is 3. The van der Waals surface area contributed by atoms with Gasteiger partial charge in [0.25, 0.3) is 0 Å². The van der Waals surface area contributed by atoms with E-state index in [1.54, 1.807) is 11.0 Å². The van der Waals surface area contributed by atoms with Crippen molar-refractivity contribution in [1.29, 1.82) is 0 Å². The summed E-state index contributed by atoms with van der Waals surface area (Å²) in [6.45, 7) is 3.51. The number of carbonyl (C=O) groups excluding carboxylic acids is 1. The lowest BCUT2D eigenvalue weighted by atomic mass is 10.3. The van der Waals surface area contributed by atoms with Crippen molar-refractivity contribution >= 4 is 17.5 Å². The van der Waals surface area contributed by atoms with Crippen LogP contribution >= 0.6 is 11.6 Å². The number of hydrogen-bond acceptors (Lipinski definition) is 4. The molecule has 86 valence electrons. The van der Waals surface area contributed by atoms with Crippen molar-refractivity contribution in [3.63, 3.8) is 0 Å². The molecule has 0 N–H and O–H groups in total. The number of aromatic nitrogens is 2. The highest BCUT2D eigenvalue weighted by molar-refractivity contribution is 6.29. The van der Waals surface area contributed by atoms with Gasteiger partial charge < -0.3 is 9.64 Å². The van der Waals surface area contributed by atoms with Crippen molar-refractivity contribution in [3.05, 3.63) is 22.7 Å². The molecule has 0 spiro atoms. The van der Waals surface area contributed by atoms with Gasteiger partial charge in [0.15, 0.2) is 0 Å². The van der Waals surface area contributed by atoms with Crippen LogP contribution in [0.1, 0.15) is 11.5 Å². The molecule has 1 aromatic rings. The van der Waals surface area contributed by atoms with Gasteiger partial charge in [-0.2, -0.15) is 0 Å². The maximum absolute atomic E-state index is 11.5. The van der Waals surface area contributed by atoms with Crippen LogP contribution in [0.3, 0.4) is 0 Å². The number of amides is 1. The van der Waals surface area contributed by atoms with Crippen LogP contribution in [0.5, 0.6) is 0 Å². The lowest BCUT2D eigenvalue weighted by molar-refractivity contribution is -0.143. The van der Waals surface area contributed by atoms with E-state index in [0.717, 1.165) is 5.69 Å². The Morgan fingerprint density at radius 3 is 3.06 bits per heavy atom. The lowest BCUT2D eigenvalue weighted by Gasteiger charge is -2.26. The van der Waals surface area contributed by atoms with Gasteiger partial charge in [0.05, 0.1) is 13.2 Å². The summed E-state index contributed by atoms with van der Waals surface area (Å²) in [5.74, 6) is 0.535. The molecule has 0 aliphatic carbocycles. The largest absolute Gasteiger partial charge is 0.370 e. The first-order valence-electron chi connectivity index (χ1n) is 5.01. The minimum atomic E-state index is -0.0347. The summed E-state index contributed by atoms with van der Waals surface area (Å²) in [5.41, 5.74) is 0.802. The predicted molar refractivity (Wildman–Crippen MR) is 58.0 cm³/mol. The predicted octanol–water partition coefficient (Wildman–Crippen LogP) is 0.797. The van der Waals surface area contributed by atoms with E-state index in [0.29, 0.717) is 30.7 Å². The van der Waals surface area contributed by atoms with Crippen molar-refractivity contribution in [2.75, 3.05) is 19.8 Å². The highest BCUT2D eigenvalue weighted by atomic mass is 35.5. The molecule has 0 unspecified atom stereocenters. The van der Waals surface area contributed by atoms with E-state index in [-0.39, 0.29) is 12.5 Å². The van der Waals surface area contributed by atoms with Crippen molar-refractivity contribution in [1.82, 2.24) is 14.9 Å². The first-order valence-corrected chi connectivity index (χ1v) is 5.38. The van der Waals surface area contributed by atoms with E-state index < -0.39 is 0 Å². The van der Waals surface area contributed by atoms with Crippen molar-refractivity contribution < 1.29 is 9.53 Å². The molecule has 0 bridgehead atoms. The van der Waals surface area contributed by atoms with Crippen LogP contribution in [0.15, 0.2) is 6.07 Å². The van der Waals surface area contributed by atoms with Crippen LogP contribution in [0, 0.1) is 6.92 Å². The highest BCUT2D eigenvalue weighted by Gasteiger charge is 2.19. The van der Waals surface area contributed by atoms with E-state index in [4.69, 9.17) is 16.3 Å². The molecule has 2 rings (SSSR count). The summed E-state index contributed by atoms with van der Waals surface area (Å²) in [6, 6.07) is 1.69. The molecule has 1 aromatic heterocycles. The Hall–Kier alpha value is -1.20. The molecular weight excluding hydrogens is 230 g/mol. The Morgan fingerprint density at radius 1 is 1.56 bits per heavy atom. The topological polar surface area (TPSA) is 55.3 Å². The van der Waals surface area contributed by atoms with E-state index in [2.05, 4.69) is 9.97 Å². The average Bonchev–Trinajstić information content (AvgIpc) is 2.20. The highest BCUT2D eigenvalue weighted by Crippen LogP contribution is 2.09. The Morgan fingerprint density at radius 2 is 2.38 bits per heavy atom. The first-order chi connectivity index (χ1) is 7.65. The third-order valence-electron chi connectivity index (χ3n) is 2.29. The van der Waals surface area contributed by atoms with E-state index in [1.807, 2.05) is 6.92 Å². The smallest absolute Gasteiger partial charge is 0.249 e. The Labute approximate surface area is 98.4 Å². The van der Waals surface area contributed by atoms with Crippen LogP contribution in [-0.4, -0.2) is 40.5 Å². The minimum absolute atomic E-state index is 0.0347. The van der Waals surface area contributed by atoms with Crippen LogP contribution in [0.4, 0.5) is 0 Å². The molecule has 1 aliphatic heterocycles. The summed E-state index contributed by atoms with van der Waals surface area (Å²) < 4.78 is 5.04. The third kappa shape index (κ3) is 2.68. The number of ether oxygens (including phenoxy) is 1. The van der Waals surface area contributed by atoms with Crippen LogP contribution < -0.4 is 0 Å². The molecule has 0 aromatic carbocycles. The molecule has 16 heavy (non-hydrogen) atoms. The monoisotopic (exact) mass is 241 g/mol. The number of rotatable bonds is 2. The quantitative estimate of drug-likeness (QED) is 0.719. The van der Waals surface area contributed by atoms with Gasteiger partial charge in [0, 0.05) is 12.2 Å². The molecule has 1 saturated heterocycles. The van der Waals surface area contributed by atoms with E-state index in [9.17, 15) is 4.79 Å². The lowest BCUT2D eigenvalue weighted by Crippen LogP contribution is -2.41. The van der Waals surface area contributed by atoms with Gasteiger partial charge in [0.1, 0.15) is 17.6 Å². The number of aryl methyl sites for hydroxylation is 1. The van der Waals surface area contributed by atoms with Gasteiger partial charge in [-0.3, -0.25) is 4.79 Å². The Bertz CT molecular complexity index is 391. The van der Waals surface area contributed by atoms with Crippen LogP contribution in [-0.2, 0) is 16.1 Å². The molecule has 5 nitrogen and oxygen atoms in total. The summed E-state index contributed by atoms with van der Waals surface area (Å²) in [5, 5.41) is 0.406. The van der Waals surface area contributed by atoms with Gasteiger partial charge in [0.2, 0.25) is 5.91 Å². The number of morpholine rings is 1. The van der Waals surface area contributed by atoms with E-state index in [1.165, 1.54) is 0 Å². The average molecular weight is 242 g/mol. The first kappa shape index (κ1) is 11.3. The molecule has 1 fully saturated rings. The fourth-order valence-corrected chi connectivity index (χ4v) is 1.80. The molecule has 6 heteroatoms. The van der Waals surface area contributed by atoms with Gasteiger partial charge in [-0.1, -0.05) is 11.6 Å². The standard InChI is InChI=1S/C10H12ClN3O2/c1-7-4-8(11)13-9(12-7)5-14-2-3-16-6-10(14)15/h4H,2-3,5-6H2,1H3. The Kier molecular flexibility index (Phi) is 3.36. The molecule has 0 saturated carbocycles. The van der Waals surface area contributed by atoms with Crippen molar-refractivity contribution in [2.24, 2.45) is 0 Å². The second kappa shape index (κ2) is 4.76. The third-order valence-corrected chi connectivity index (χ3v) is 2.48. The van der Waals surface area contributed by atoms with E-state index >= 15 is 0 Å². The normalized spacial score (nSPS) is 16.6. The zero-order valence-electron chi connectivity index (χ0n) is 8.94. The number of hydrogen-bond donors (Lipinski definition) is 0. The van der Waals surface area contributed by atoms with Crippen LogP contribution in [0.25, 0.3) is 0 Å². The SMILES string of the molecule is Cc1cc(Cl)nc(CN2CCOCC2=O)n1. The molecule has 0 atom stereocenters. The molecule has 0 radical (unpaired) electrons. The second-order valence-corrected chi connectivity index (χ2v) is 4.00. The second-order valence-electron chi connectivity index (χ2n) is 3.62. The van der Waals surface area contributed by atoms with Gasteiger partial charge in [-0.25, -0.2) is 9.97 Å². The maximum Gasteiger partial charge on any atom is 0.249 e. The summed E-state index contributed by atoms with van der Waals surface area (Å²) in [4.78, 5) is 21.5. The molecule has 2 heterocycles. The van der Waals surface area contributed by atoms with Crippen molar-refractivity contribution in [3.8, 4) is 0 Å². The van der Waals surface area contributed by atoms with Gasteiger partial charge >= 0.3 is 0 Å². The van der Waals surface area contributed by atoms with Crippen molar-refractivity contribution in [2.45, 2.75) is 13.5 Å². The van der Waals surface area contributed by atoms with Crippen LogP contribution in [0.2, 0.25) is 5.15 Å². The fraction of sp³-hybridized carbons (Fsp3) is 0.500.